The van der Waals surface area contributed by atoms with Crippen LogP contribution >= 0.6 is 0 Å². The summed E-state index contributed by atoms with van der Waals surface area (Å²) < 4.78 is 27.2. The number of amides is 1. The number of rotatable bonds is 11. The van der Waals surface area contributed by atoms with E-state index in [1.165, 1.54) is 19.2 Å². The number of nitrogens with one attached hydrogen (secondary N) is 1. The molecule has 0 aromatic heterocycles. The van der Waals surface area contributed by atoms with E-state index in [-0.39, 0.29) is 18.1 Å². The van der Waals surface area contributed by atoms with Crippen molar-refractivity contribution in [1.82, 2.24) is 0 Å². The molecule has 0 spiro atoms. The van der Waals surface area contributed by atoms with E-state index in [2.05, 4.69) is 5.32 Å². The van der Waals surface area contributed by atoms with Crippen molar-refractivity contribution >= 4 is 17.6 Å². The molecule has 0 aliphatic carbocycles. The van der Waals surface area contributed by atoms with E-state index >= 15 is 0 Å². The highest BCUT2D eigenvalue weighted by molar-refractivity contribution is 5.93. The van der Waals surface area contributed by atoms with Gasteiger partial charge in [0.15, 0.2) is 29.6 Å². The zero-order valence-corrected chi connectivity index (χ0v) is 19.3. The molecule has 3 aromatic carbocycles. The van der Waals surface area contributed by atoms with Crippen LogP contribution in [0.25, 0.3) is 0 Å². The molecule has 0 saturated carbocycles. The second-order valence-electron chi connectivity index (χ2n) is 7.12. The molecule has 1 N–H and O–H groups in total. The lowest BCUT2D eigenvalue weighted by molar-refractivity contribution is -0.118. The van der Waals surface area contributed by atoms with E-state index in [0.29, 0.717) is 41.0 Å². The normalized spacial score (nSPS) is 10.2. The topological polar surface area (TPSA) is 92.3 Å². The van der Waals surface area contributed by atoms with Gasteiger partial charge in [0.05, 0.1) is 26.4 Å². The maximum Gasteiger partial charge on any atom is 0.343 e. The fourth-order valence-electron chi connectivity index (χ4n) is 2.95. The first-order valence-corrected chi connectivity index (χ1v) is 10.7. The highest BCUT2D eigenvalue weighted by Gasteiger charge is 2.16. The Morgan fingerprint density at radius 3 is 2.18 bits per heavy atom. The first kappa shape index (κ1) is 24.4. The van der Waals surface area contributed by atoms with Crippen LogP contribution in [0.2, 0.25) is 0 Å². The van der Waals surface area contributed by atoms with Crippen LogP contribution in [0.5, 0.6) is 28.7 Å². The minimum Gasteiger partial charge on any atom is -0.497 e. The Morgan fingerprint density at radius 2 is 1.50 bits per heavy atom. The average Bonchev–Trinajstić information content (AvgIpc) is 2.87. The number of ether oxygens (including phenoxy) is 5. The molecule has 178 valence electrons. The first-order valence-electron chi connectivity index (χ1n) is 10.7. The number of carbonyl (C=O) groups excluding carboxylic acids is 2. The van der Waals surface area contributed by atoms with Crippen LogP contribution in [0, 0.1) is 0 Å². The van der Waals surface area contributed by atoms with Crippen molar-refractivity contribution in [2.24, 2.45) is 0 Å². The molecule has 1 amide bonds. The highest BCUT2D eigenvalue weighted by atomic mass is 16.6. The van der Waals surface area contributed by atoms with Crippen LogP contribution in [-0.2, 0) is 4.79 Å². The SMILES string of the molecule is CCCOc1ccccc1OC(=O)c1ccc(OCC(=O)Nc2ccc(OC)cc2)c(OC)c1. The van der Waals surface area contributed by atoms with Crippen LogP contribution < -0.4 is 29.0 Å². The van der Waals surface area contributed by atoms with Crippen molar-refractivity contribution in [3.63, 3.8) is 0 Å². The molecule has 34 heavy (non-hydrogen) atoms. The number of methoxy groups -OCH3 is 2. The lowest BCUT2D eigenvalue weighted by Gasteiger charge is -2.13. The molecule has 3 aromatic rings. The van der Waals surface area contributed by atoms with E-state index in [0.717, 1.165) is 6.42 Å². The summed E-state index contributed by atoms with van der Waals surface area (Å²) in [5.41, 5.74) is 0.875. The molecule has 0 radical (unpaired) electrons. The minimum absolute atomic E-state index is 0.242. The second-order valence-corrected chi connectivity index (χ2v) is 7.12. The summed E-state index contributed by atoms with van der Waals surface area (Å²) in [6.45, 7) is 2.27. The van der Waals surface area contributed by atoms with Crippen LogP contribution in [0.3, 0.4) is 0 Å². The Labute approximate surface area is 198 Å². The number of hydrogen-bond donors (Lipinski definition) is 1. The van der Waals surface area contributed by atoms with Crippen LogP contribution in [0.1, 0.15) is 23.7 Å². The largest absolute Gasteiger partial charge is 0.497 e. The summed E-state index contributed by atoms with van der Waals surface area (Å²) in [5, 5.41) is 2.73. The van der Waals surface area contributed by atoms with Gasteiger partial charge in [-0.2, -0.15) is 0 Å². The maximum atomic E-state index is 12.7. The number of hydrogen-bond acceptors (Lipinski definition) is 7. The van der Waals surface area contributed by atoms with Crippen molar-refractivity contribution in [2.45, 2.75) is 13.3 Å². The Kier molecular flexibility index (Phi) is 8.73. The van der Waals surface area contributed by atoms with Crippen LogP contribution in [-0.4, -0.2) is 39.3 Å². The van der Waals surface area contributed by atoms with Crippen molar-refractivity contribution < 1.29 is 33.3 Å². The lowest BCUT2D eigenvalue weighted by Crippen LogP contribution is -2.20. The van der Waals surface area contributed by atoms with Gasteiger partial charge in [-0.1, -0.05) is 19.1 Å². The number of benzene rings is 3. The van der Waals surface area contributed by atoms with Gasteiger partial charge in [0.25, 0.3) is 5.91 Å². The van der Waals surface area contributed by atoms with Gasteiger partial charge in [-0.15, -0.1) is 0 Å². The molecule has 0 heterocycles. The molecule has 0 unspecified atom stereocenters. The Bertz CT molecular complexity index is 1110. The maximum absolute atomic E-state index is 12.7. The van der Waals surface area contributed by atoms with E-state index in [1.54, 1.807) is 55.6 Å². The van der Waals surface area contributed by atoms with E-state index in [9.17, 15) is 9.59 Å². The third kappa shape index (κ3) is 6.65. The van der Waals surface area contributed by atoms with Gasteiger partial charge >= 0.3 is 5.97 Å². The molecule has 0 atom stereocenters. The third-order valence-electron chi connectivity index (χ3n) is 4.65. The molecule has 0 aliphatic heterocycles. The standard InChI is InChI=1S/C26H27NO7/c1-4-15-32-21-7-5-6-8-23(21)34-26(29)18-9-14-22(24(16-18)31-3)33-17-25(28)27-19-10-12-20(30-2)13-11-19/h5-14,16H,4,15,17H2,1-3H3,(H,27,28). The Balaban J connectivity index is 1.62. The van der Waals surface area contributed by atoms with Gasteiger partial charge in [-0.3, -0.25) is 4.79 Å². The van der Waals surface area contributed by atoms with E-state index in [4.69, 9.17) is 23.7 Å². The number of para-hydroxylation sites is 2. The second kappa shape index (κ2) is 12.2. The smallest absolute Gasteiger partial charge is 0.343 e. The van der Waals surface area contributed by atoms with Crippen molar-refractivity contribution in [3.8, 4) is 28.7 Å². The average molecular weight is 466 g/mol. The van der Waals surface area contributed by atoms with Crippen LogP contribution in [0.15, 0.2) is 66.7 Å². The summed E-state index contributed by atoms with van der Waals surface area (Å²) >= 11 is 0. The van der Waals surface area contributed by atoms with E-state index < -0.39 is 5.97 Å². The van der Waals surface area contributed by atoms with Gasteiger partial charge in [0.2, 0.25) is 0 Å². The van der Waals surface area contributed by atoms with E-state index in [1.807, 2.05) is 13.0 Å². The van der Waals surface area contributed by atoms with Crippen molar-refractivity contribution in [2.75, 3.05) is 32.8 Å². The third-order valence-corrected chi connectivity index (χ3v) is 4.65. The molecule has 8 nitrogen and oxygen atoms in total. The summed E-state index contributed by atoms with van der Waals surface area (Å²) in [7, 11) is 3.02. The Hall–Kier alpha value is -4.20. The fourth-order valence-corrected chi connectivity index (χ4v) is 2.95. The molecule has 0 saturated heterocycles. The van der Waals surface area contributed by atoms with Gasteiger partial charge in [0, 0.05) is 5.69 Å². The summed E-state index contributed by atoms with van der Waals surface area (Å²) in [6, 6.07) is 18.5. The first-order chi connectivity index (χ1) is 16.5. The minimum atomic E-state index is -0.574. The zero-order valence-electron chi connectivity index (χ0n) is 19.3. The number of esters is 1. The van der Waals surface area contributed by atoms with Gasteiger partial charge in [-0.05, 0) is 61.0 Å². The monoisotopic (exact) mass is 465 g/mol. The molecule has 3 rings (SSSR count). The summed E-state index contributed by atoms with van der Waals surface area (Å²) in [6.07, 6.45) is 0.832. The number of anilines is 1. The molecular weight excluding hydrogens is 438 g/mol. The molecular formula is C26H27NO7. The molecule has 0 bridgehead atoms. The molecule has 8 heteroatoms. The predicted molar refractivity (Wildman–Crippen MR) is 127 cm³/mol. The molecule has 0 fully saturated rings. The van der Waals surface area contributed by atoms with Gasteiger partial charge in [0.1, 0.15) is 5.75 Å². The predicted octanol–water partition coefficient (Wildman–Crippen LogP) is 4.73. The summed E-state index contributed by atoms with van der Waals surface area (Å²) in [4.78, 5) is 24.9. The zero-order chi connectivity index (χ0) is 24.3. The Morgan fingerprint density at radius 1 is 0.794 bits per heavy atom. The van der Waals surface area contributed by atoms with Gasteiger partial charge < -0.3 is 29.0 Å². The molecule has 0 aliphatic rings. The quantitative estimate of drug-likeness (QED) is 0.323. The van der Waals surface area contributed by atoms with Crippen molar-refractivity contribution in [1.29, 1.82) is 0 Å². The highest BCUT2D eigenvalue weighted by Crippen LogP contribution is 2.31. The lowest BCUT2D eigenvalue weighted by atomic mass is 10.2. The number of carbonyl (C=O) groups is 2. The van der Waals surface area contributed by atoms with Crippen LogP contribution in [0.4, 0.5) is 5.69 Å². The van der Waals surface area contributed by atoms with Gasteiger partial charge in [-0.25, -0.2) is 4.79 Å². The fraction of sp³-hybridized carbons (Fsp3) is 0.231. The van der Waals surface area contributed by atoms with Crippen molar-refractivity contribution in [3.05, 3.63) is 72.3 Å². The summed E-state index contributed by atoms with van der Waals surface area (Å²) in [5.74, 6) is 1.20.